The average Bonchev–Trinajstić information content (AvgIpc) is 2.89. The number of benzene rings is 2. The van der Waals surface area contributed by atoms with Gasteiger partial charge in [-0.3, -0.25) is 9.59 Å². The van der Waals surface area contributed by atoms with Crippen LogP contribution in [0.25, 0.3) is 10.8 Å². The van der Waals surface area contributed by atoms with Gasteiger partial charge in [0.25, 0.3) is 11.5 Å². The smallest absolute Gasteiger partial charge is 0.274 e. The van der Waals surface area contributed by atoms with Crippen LogP contribution < -0.4 is 10.9 Å². The van der Waals surface area contributed by atoms with Crippen molar-refractivity contribution in [3.63, 3.8) is 0 Å². The van der Waals surface area contributed by atoms with Gasteiger partial charge in [-0.15, -0.1) is 0 Å². The Hall–Kier alpha value is -3.08. The molecule has 10 heteroatoms. The number of aryl methyl sites for hydroxylation is 1. The summed E-state index contributed by atoms with van der Waals surface area (Å²) in [4.78, 5) is 26.1. The van der Waals surface area contributed by atoms with Crippen LogP contribution in [0.2, 0.25) is 0 Å². The Morgan fingerprint density at radius 2 is 1.71 bits per heavy atom. The minimum absolute atomic E-state index is 0.196. The number of morpholine rings is 1. The largest absolute Gasteiger partial charge is 0.379 e. The van der Waals surface area contributed by atoms with Gasteiger partial charge in [-0.1, -0.05) is 50.1 Å². The number of aromatic nitrogens is 2. The van der Waals surface area contributed by atoms with E-state index in [2.05, 4.69) is 17.3 Å². The molecule has 2 heterocycles. The molecule has 1 amide bonds. The van der Waals surface area contributed by atoms with Gasteiger partial charge in [-0.05, 0) is 30.2 Å². The highest BCUT2D eigenvalue weighted by molar-refractivity contribution is 7.89. The number of sulfonamides is 1. The first-order valence-electron chi connectivity index (χ1n) is 11.9. The third-order valence-electron chi connectivity index (χ3n) is 6.04. The zero-order valence-corrected chi connectivity index (χ0v) is 20.6. The summed E-state index contributed by atoms with van der Waals surface area (Å²) in [6, 6.07) is 13.4. The Bertz CT molecular complexity index is 1350. The van der Waals surface area contributed by atoms with Gasteiger partial charge in [0.1, 0.15) is 0 Å². The Kier molecular flexibility index (Phi) is 7.94. The molecule has 1 N–H and O–H groups in total. The molecule has 0 aliphatic carbocycles. The SMILES string of the molecule is CCCCCn1nc(C(=O)NCc2ccc(S(=O)(=O)N3CCOCC3)cc2)c2ccccc2c1=O. The normalized spacial score (nSPS) is 14.8. The van der Waals surface area contributed by atoms with Crippen LogP contribution in [0.5, 0.6) is 0 Å². The molecule has 1 aromatic heterocycles. The number of hydrogen-bond acceptors (Lipinski definition) is 6. The molecular formula is C25H30N4O5S. The fourth-order valence-corrected chi connectivity index (χ4v) is 5.46. The van der Waals surface area contributed by atoms with Crippen molar-refractivity contribution in [3.05, 3.63) is 70.1 Å². The summed E-state index contributed by atoms with van der Waals surface area (Å²) >= 11 is 0. The van der Waals surface area contributed by atoms with Crippen molar-refractivity contribution in [2.75, 3.05) is 26.3 Å². The van der Waals surface area contributed by atoms with E-state index in [4.69, 9.17) is 4.74 Å². The van der Waals surface area contributed by atoms with Crippen molar-refractivity contribution in [1.82, 2.24) is 19.4 Å². The van der Waals surface area contributed by atoms with E-state index in [-0.39, 0.29) is 22.7 Å². The van der Waals surface area contributed by atoms with Crippen LogP contribution in [0.3, 0.4) is 0 Å². The fraction of sp³-hybridized carbons (Fsp3) is 0.400. The van der Waals surface area contributed by atoms with E-state index in [1.165, 1.54) is 8.99 Å². The first-order valence-corrected chi connectivity index (χ1v) is 13.3. The van der Waals surface area contributed by atoms with Gasteiger partial charge in [-0.25, -0.2) is 13.1 Å². The summed E-state index contributed by atoms with van der Waals surface area (Å²) in [5.41, 5.74) is 0.744. The third kappa shape index (κ3) is 5.61. The van der Waals surface area contributed by atoms with Crippen molar-refractivity contribution in [2.24, 2.45) is 0 Å². The van der Waals surface area contributed by atoms with Gasteiger partial charge < -0.3 is 10.1 Å². The molecule has 0 spiro atoms. The molecular weight excluding hydrogens is 468 g/mol. The standard InChI is InChI=1S/C25H30N4O5S/c1-2-3-6-13-29-25(31)22-8-5-4-7-21(22)23(27-29)24(30)26-18-19-9-11-20(12-10-19)35(32,33)28-14-16-34-17-15-28/h4-5,7-12H,2-3,6,13-18H2,1H3,(H,26,30). The van der Waals surface area contributed by atoms with Gasteiger partial charge >= 0.3 is 0 Å². The molecule has 0 radical (unpaired) electrons. The Balaban J connectivity index is 1.50. The highest BCUT2D eigenvalue weighted by Crippen LogP contribution is 2.18. The summed E-state index contributed by atoms with van der Waals surface area (Å²) in [5, 5.41) is 8.20. The van der Waals surface area contributed by atoms with Gasteiger partial charge in [0.15, 0.2) is 5.69 Å². The van der Waals surface area contributed by atoms with Crippen molar-refractivity contribution in [1.29, 1.82) is 0 Å². The molecule has 186 valence electrons. The van der Waals surface area contributed by atoms with Crippen molar-refractivity contribution in [2.45, 2.75) is 44.2 Å². The third-order valence-corrected chi connectivity index (χ3v) is 7.95. The lowest BCUT2D eigenvalue weighted by molar-refractivity contribution is 0.0730. The number of rotatable bonds is 9. The van der Waals surface area contributed by atoms with E-state index in [1.54, 1.807) is 48.5 Å². The Morgan fingerprint density at radius 1 is 1.03 bits per heavy atom. The number of carbonyl (C=O) groups is 1. The highest BCUT2D eigenvalue weighted by atomic mass is 32.2. The second-order valence-electron chi connectivity index (χ2n) is 8.47. The molecule has 4 rings (SSSR count). The second-order valence-corrected chi connectivity index (χ2v) is 10.4. The van der Waals surface area contributed by atoms with Gasteiger partial charge in [0.2, 0.25) is 10.0 Å². The van der Waals surface area contributed by atoms with E-state index in [9.17, 15) is 18.0 Å². The summed E-state index contributed by atoms with van der Waals surface area (Å²) in [6.07, 6.45) is 2.80. The van der Waals surface area contributed by atoms with Crippen molar-refractivity contribution in [3.8, 4) is 0 Å². The van der Waals surface area contributed by atoms with E-state index >= 15 is 0 Å². The molecule has 9 nitrogen and oxygen atoms in total. The van der Waals surface area contributed by atoms with Gasteiger partial charge in [0.05, 0.1) is 23.5 Å². The molecule has 1 saturated heterocycles. The Labute approximate surface area is 204 Å². The Morgan fingerprint density at radius 3 is 2.40 bits per heavy atom. The molecule has 0 unspecified atom stereocenters. The van der Waals surface area contributed by atoms with Gasteiger partial charge in [0, 0.05) is 31.6 Å². The molecule has 1 aliphatic heterocycles. The number of amides is 1. The highest BCUT2D eigenvalue weighted by Gasteiger charge is 2.26. The summed E-state index contributed by atoms with van der Waals surface area (Å²) in [5.74, 6) is -0.393. The van der Waals surface area contributed by atoms with Crippen LogP contribution in [-0.2, 0) is 27.8 Å². The topological polar surface area (TPSA) is 111 Å². The number of hydrogen-bond donors (Lipinski definition) is 1. The van der Waals surface area contributed by atoms with Crippen LogP contribution in [0.15, 0.2) is 58.2 Å². The summed E-state index contributed by atoms with van der Waals surface area (Å²) < 4.78 is 33.6. The molecule has 2 aromatic carbocycles. The molecule has 1 fully saturated rings. The maximum Gasteiger partial charge on any atom is 0.274 e. The van der Waals surface area contributed by atoms with Crippen LogP contribution >= 0.6 is 0 Å². The van der Waals surface area contributed by atoms with E-state index in [0.717, 1.165) is 24.8 Å². The number of nitrogens with one attached hydrogen (secondary N) is 1. The molecule has 1 aliphatic rings. The fourth-order valence-electron chi connectivity index (χ4n) is 4.05. The number of ether oxygens (including phenoxy) is 1. The lowest BCUT2D eigenvalue weighted by Crippen LogP contribution is -2.40. The summed E-state index contributed by atoms with van der Waals surface area (Å²) in [7, 11) is -3.57. The van der Waals surface area contributed by atoms with E-state index in [1.807, 2.05) is 0 Å². The predicted octanol–water partition coefficient (Wildman–Crippen LogP) is 2.54. The molecule has 35 heavy (non-hydrogen) atoms. The minimum atomic E-state index is -3.57. The zero-order valence-electron chi connectivity index (χ0n) is 19.8. The molecule has 3 aromatic rings. The maximum absolute atomic E-state index is 13.1. The number of carbonyl (C=O) groups excluding carboxylic acids is 1. The quantitative estimate of drug-likeness (QED) is 0.454. The average molecular weight is 499 g/mol. The minimum Gasteiger partial charge on any atom is -0.379 e. The lowest BCUT2D eigenvalue weighted by atomic mass is 10.1. The maximum atomic E-state index is 13.1. The van der Waals surface area contributed by atoms with Gasteiger partial charge in [-0.2, -0.15) is 9.40 Å². The number of unbranched alkanes of at least 4 members (excludes halogenated alkanes) is 2. The number of nitrogens with zero attached hydrogens (tertiary/aromatic N) is 3. The predicted molar refractivity (Wildman–Crippen MR) is 133 cm³/mol. The first-order chi connectivity index (χ1) is 16.9. The van der Waals surface area contributed by atoms with E-state index < -0.39 is 15.9 Å². The van der Waals surface area contributed by atoms with Crippen molar-refractivity contribution < 1.29 is 17.9 Å². The first kappa shape index (κ1) is 25.0. The molecule has 0 saturated carbocycles. The summed E-state index contributed by atoms with van der Waals surface area (Å²) in [6.45, 7) is 4.18. The zero-order chi connectivity index (χ0) is 24.8. The van der Waals surface area contributed by atoms with Crippen molar-refractivity contribution >= 4 is 26.7 Å². The lowest BCUT2D eigenvalue weighted by Gasteiger charge is -2.26. The number of fused-ring (bicyclic) bond motifs is 1. The van der Waals surface area contributed by atoms with Crippen LogP contribution in [0.1, 0.15) is 42.2 Å². The monoisotopic (exact) mass is 498 g/mol. The van der Waals surface area contributed by atoms with Crippen LogP contribution in [-0.4, -0.2) is 54.7 Å². The van der Waals surface area contributed by atoms with Crippen LogP contribution in [0, 0.1) is 0 Å². The van der Waals surface area contributed by atoms with E-state index in [0.29, 0.717) is 43.6 Å². The van der Waals surface area contributed by atoms with Crippen LogP contribution in [0.4, 0.5) is 0 Å². The molecule has 0 atom stereocenters. The second kappa shape index (κ2) is 11.1. The molecule has 0 bridgehead atoms.